The largest absolute Gasteiger partial charge is 0.339 e. The van der Waals surface area contributed by atoms with E-state index in [1.807, 2.05) is 23.1 Å². The lowest BCUT2D eigenvalue weighted by molar-refractivity contribution is 0.0757. The minimum Gasteiger partial charge on any atom is -0.339 e. The molecule has 1 aromatic rings. The highest BCUT2D eigenvalue weighted by Gasteiger charge is 2.21. The molecule has 1 aromatic carbocycles. The zero-order chi connectivity index (χ0) is 15.1. The number of benzene rings is 1. The maximum Gasteiger partial charge on any atom is 0.254 e. The van der Waals surface area contributed by atoms with Gasteiger partial charge in [-0.05, 0) is 57.2 Å². The van der Waals surface area contributed by atoms with Gasteiger partial charge in [-0.15, -0.1) is 0 Å². The molecule has 0 saturated heterocycles. The molecule has 1 N–H and O–H groups in total. The van der Waals surface area contributed by atoms with Gasteiger partial charge in [-0.1, -0.05) is 25.1 Å². The summed E-state index contributed by atoms with van der Waals surface area (Å²) in [4.78, 5) is 14.6. The number of amides is 1. The fourth-order valence-corrected chi connectivity index (χ4v) is 2.97. The summed E-state index contributed by atoms with van der Waals surface area (Å²) in [5.41, 5.74) is 2.12. The van der Waals surface area contributed by atoms with Gasteiger partial charge in [0, 0.05) is 24.7 Å². The number of hydrogen-bond donors (Lipinski definition) is 1. The normalized spacial score (nSPS) is 16.5. The van der Waals surface area contributed by atoms with Gasteiger partial charge in [-0.3, -0.25) is 4.79 Å². The van der Waals surface area contributed by atoms with Crippen molar-refractivity contribution >= 4 is 5.91 Å². The van der Waals surface area contributed by atoms with Gasteiger partial charge >= 0.3 is 0 Å². The second-order valence-corrected chi connectivity index (χ2v) is 6.05. The third kappa shape index (κ3) is 4.57. The van der Waals surface area contributed by atoms with E-state index in [1.54, 1.807) is 0 Å². The minimum absolute atomic E-state index is 0.220. The number of rotatable bonds is 7. The molecule has 0 spiro atoms. The van der Waals surface area contributed by atoms with E-state index in [4.69, 9.17) is 0 Å². The molecule has 0 fully saturated rings. The summed E-state index contributed by atoms with van der Waals surface area (Å²) < 4.78 is 0. The van der Waals surface area contributed by atoms with E-state index in [-0.39, 0.29) is 5.91 Å². The summed E-state index contributed by atoms with van der Waals surface area (Å²) >= 11 is 0. The van der Waals surface area contributed by atoms with Crippen LogP contribution in [0.4, 0.5) is 0 Å². The summed E-state index contributed by atoms with van der Waals surface area (Å²) in [5.74, 6) is 0.220. The number of fused-ring (bicyclic) bond motifs is 1. The first kappa shape index (κ1) is 16.0. The van der Waals surface area contributed by atoms with Crippen molar-refractivity contribution in [3.05, 3.63) is 35.4 Å². The van der Waals surface area contributed by atoms with Gasteiger partial charge in [-0.2, -0.15) is 0 Å². The van der Waals surface area contributed by atoms with Crippen molar-refractivity contribution < 1.29 is 4.79 Å². The fourth-order valence-electron chi connectivity index (χ4n) is 2.97. The van der Waals surface area contributed by atoms with Crippen molar-refractivity contribution in [2.24, 2.45) is 0 Å². The smallest absolute Gasteiger partial charge is 0.254 e. The number of hydrogen-bond acceptors (Lipinski definition) is 2. The molecule has 0 aliphatic carbocycles. The molecule has 2 rings (SSSR count). The predicted octanol–water partition coefficient (Wildman–Crippen LogP) is 3.24. The molecule has 1 aliphatic rings. The van der Waals surface area contributed by atoms with Crippen molar-refractivity contribution in [1.29, 1.82) is 0 Å². The van der Waals surface area contributed by atoms with Gasteiger partial charge in [0.15, 0.2) is 0 Å². The second-order valence-electron chi connectivity index (χ2n) is 6.05. The van der Waals surface area contributed by atoms with Crippen molar-refractivity contribution in [2.45, 2.75) is 52.0 Å². The number of nitrogens with one attached hydrogen (secondary N) is 1. The van der Waals surface area contributed by atoms with E-state index < -0.39 is 0 Å². The molecule has 3 nitrogen and oxygen atoms in total. The van der Waals surface area contributed by atoms with E-state index in [1.165, 1.54) is 12.0 Å². The molecule has 1 unspecified atom stereocenters. The third-order valence-electron chi connectivity index (χ3n) is 4.22. The van der Waals surface area contributed by atoms with Crippen LogP contribution in [-0.2, 0) is 6.42 Å². The Hall–Kier alpha value is -1.35. The first-order valence-electron chi connectivity index (χ1n) is 8.33. The Labute approximate surface area is 128 Å². The first-order valence-corrected chi connectivity index (χ1v) is 8.33. The molecule has 3 heteroatoms. The number of carbonyl (C=O) groups is 1. The summed E-state index contributed by atoms with van der Waals surface area (Å²) in [6, 6.07) is 8.61. The van der Waals surface area contributed by atoms with Crippen LogP contribution in [0, 0.1) is 0 Å². The van der Waals surface area contributed by atoms with E-state index in [9.17, 15) is 4.79 Å². The maximum atomic E-state index is 12.6. The van der Waals surface area contributed by atoms with Crippen LogP contribution < -0.4 is 5.32 Å². The molecule has 1 heterocycles. The molecule has 0 radical (unpaired) electrons. The Kier molecular flexibility index (Phi) is 6.24. The average Bonchev–Trinajstić information content (AvgIpc) is 2.66. The van der Waals surface area contributed by atoms with Gasteiger partial charge in [0.1, 0.15) is 0 Å². The quantitative estimate of drug-likeness (QED) is 0.835. The Morgan fingerprint density at radius 1 is 1.33 bits per heavy atom. The van der Waals surface area contributed by atoms with E-state index in [0.29, 0.717) is 6.04 Å². The Balaban J connectivity index is 1.85. The van der Waals surface area contributed by atoms with Gasteiger partial charge < -0.3 is 10.2 Å². The second kappa shape index (κ2) is 8.18. The Bertz CT molecular complexity index is 458. The van der Waals surface area contributed by atoms with E-state index >= 15 is 0 Å². The van der Waals surface area contributed by atoms with Crippen LogP contribution in [0.2, 0.25) is 0 Å². The van der Waals surface area contributed by atoms with Crippen LogP contribution in [0.3, 0.4) is 0 Å². The highest BCUT2D eigenvalue weighted by atomic mass is 16.2. The van der Waals surface area contributed by atoms with Crippen molar-refractivity contribution in [1.82, 2.24) is 10.2 Å². The molecule has 116 valence electrons. The van der Waals surface area contributed by atoms with Gasteiger partial charge in [0.2, 0.25) is 0 Å². The Morgan fingerprint density at radius 2 is 2.14 bits per heavy atom. The van der Waals surface area contributed by atoms with Crippen LogP contribution in [0.15, 0.2) is 24.3 Å². The zero-order valence-electron chi connectivity index (χ0n) is 13.4. The fraction of sp³-hybridized carbons (Fsp3) is 0.611. The SMILES string of the molecule is CCCNC(C)CCCN1CCCc2ccccc2C1=O. The minimum atomic E-state index is 0.220. The topological polar surface area (TPSA) is 32.3 Å². The lowest BCUT2D eigenvalue weighted by Gasteiger charge is -2.22. The third-order valence-corrected chi connectivity index (χ3v) is 4.22. The molecule has 0 bridgehead atoms. The van der Waals surface area contributed by atoms with Crippen molar-refractivity contribution in [3.63, 3.8) is 0 Å². The van der Waals surface area contributed by atoms with E-state index in [0.717, 1.165) is 50.9 Å². The van der Waals surface area contributed by atoms with Gasteiger partial charge in [0.25, 0.3) is 5.91 Å². The molecule has 21 heavy (non-hydrogen) atoms. The number of nitrogens with zero attached hydrogens (tertiary/aromatic N) is 1. The molecule has 1 amide bonds. The average molecular weight is 288 g/mol. The summed E-state index contributed by atoms with van der Waals surface area (Å²) in [5, 5.41) is 3.51. The standard InChI is InChI=1S/C18H28N2O/c1-3-12-19-15(2)8-6-13-20-14-7-10-16-9-4-5-11-17(16)18(20)21/h4-5,9,11,15,19H,3,6-8,10,12-14H2,1-2H3. The molecule has 0 aromatic heterocycles. The number of aryl methyl sites for hydroxylation is 1. The van der Waals surface area contributed by atoms with Crippen LogP contribution in [-0.4, -0.2) is 36.5 Å². The van der Waals surface area contributed by atoms with Crippen LogP contribution in [0.1, 0.15) is 55.5 Å². The van der Waals surface area contributed by atoms with Crippen molar-refractivity contribution in [2.75, 3.05) is 19.6 Å². The lowest BCUT2D eigenvalue weighted by Crippen LogP contribution is -2.33. The molecule has 0 saturated carbocycles. The monoisotopic (exact) mass is 288 g/mol. The van der Waals surface area contributed by atoms with Gasteiger partial charge in [0.05, 0.1) is 0 Å². The van der Waals surface area contributed by atoms with Gasteiger partial charge in [-0.25, -0.2) is 0 Å². The molecule has 1 atom stereocenters. The van der Waals surface area contributed by atoms with Crippen LogP contribution >= 0.6 is 0 Å². The van der Waals surface area contributed by atoms with Crippen molar-refractivity contribution in [3.8, 4) is 0 Å². The molecular formula is C18H28N2O. The molecule has 1 aliphatic heterocycles. The van der Waals surface area contributed by atoms with Crippen LogP contribution in [0.5, 0.6) is 0 Å². The van der Waals surface area contributed by atoms with E-state index in [2.05, 4.69) is 25.2 Å². The predicted molar refractivity (Wildman–Crippen MR) is 87.7 cm³/mol. The summed E-state index contributed by atoms with van der Waals surface area (Å²) in [7, 11) is 0. The Morgan fingerprint density at radius 3 is 2.95 bits per heavy atom. The first-order chi connectivity index (χ1) is 10.2. The number of carbonyl (C=O) groups excluding carboxylic acids is 1. The summed E-state index contributed by atoms with van der Waals surface area (Å²) in [6.07, 6.45) is 5.47. The van der Waals surface area contributed by atoms with Crippen LogP contribution in [0.25, 0.3) is 0 Å². The molecular weight excluding hydrogens is 260 g/mol. The maximum absolute atomic E-state index is 12.6. The summed E-state index contributed by atoms with van der Waals surface area (Å²) in [6.45, 7) is 7.27. The highest BCUT2D eigenvalue weighted by molar-refractivity contribution is 5.96. The zero-order valence-corrected chi connectivity index (χ0v) is 13.4. The highest BCUT2D eigenvalue weighted by Crippen LogP contribution is 2.18. The lowest BCUT2D eigenvalue weighted by atomic mass is 10.0.